The fourth-order valence-corrected chi connectivity index (χ4v) is 3.95. The minimum absolute atomic E-state index is 0.677. The minimum Gasteiger partial charge on any atom is -0.497 e. The smallest absolute Gasteiger partial charge is 0.119 e. The number of hydrogen-bond donors (Lipinski definition) is 0. The Morgan fingerprint density at radius 2 is 2.10 bits per heavy atom. The van der Waals surface area contributed by atoms with E-state index in [4.69, 9.17) is 4.74 Å². The van der Waals surface area contributed by atoms with Gasteiger partial charge in [0.25, 0.3) is 0 Å². The lowest BCUT2D eigenvalue weighted by Crippen LogP contribution is -2.29. The van der Waals surface area contributed by atoms with Gasteiger partial charge in [-0.15, -0.1) is 0 Å². The van der Waals surface area contributed by atoms with Crippen molar-refractivity contribution >= 4 is 5.57 Å². The summed E-state index contributed by atoms with van der Waals surface area (Å²) in [6.07, 6.45) is 6.72. The molecule has 1 aromatic carbocycles. The van der Waals surface area contributed by atoms with Gasteiger partial charge in [0.05, 0.1) is 7.11 Å². The summed E-state index contributed by atoms with van der Waals surface area (Å²) in [7, 11) is 6.11. The van der Waals surface area contributed by atoms with Crippen molar-refractivity contribution in [3.63, 3.8) is 0 Å². The van der Waals surface area contributed by atoms with E-state index in [1.54, 1.807) is 12.7 Å². The number of allylic oxidation sites excluding steroid dienone is 1. The van der Waals surface area contributed by atoms with E-state index >= 15 is 0 Å². The molecule has 0 aromatic heterocycles. The SMILES string of the molecule is COc1cccc(C2=CC3CCC(C3)C2CN(C)C)c1. The molecule has 3 atom stereocenters. The Morgan fingerprint density at radius 1 is 1.25 bits per heavy atom. The fourth-order valence-electron chi connectivity index (χ4n) is 3.95. The number of rotatable bonds is 4. The lowest BCUT2D eigenvalue weighted by atomic mass is 9.76. The third-order valence-electron chi connectivity index (χ3n) is 4.86. The zero-order valence-electron chi connectivity index (χ0n) is 12.8. The second kappa shape index (κ2) is 5.61. The van der Waals surface area contributed by atoms with E-state index in [1.807, 2.05) is 6.07 Å². The molecule has 20 heavy (non-hydrogen) atoms. The highest BCUT2D eigenvalue weighted by Crippen LogP contribution is 2.48. The summed E-state index contributed by atoms with van der Waals surface area (Å²) < 4.78 is 5.39. The molecule has 2 bridgehead atoms. The molecule has 3 rings (SSSR count). The lowest BCUT2D eigenvalue weighted by Gasteiger charge is -2.32. The van der Waals surface area contributed by atoms with Crippen LogP contribution >= 0.6 is 0 Å². The van der Waals surface area contributed by atoms with Crippen molar-refractivity contribution in [1.82, 2.24) is 4.90 Å². The maximum Gasteiger partial charge on any atom is 0.119 e. The first-order chi connectivity index (χ1) is 9.67. The van der Waals surface area contributed by atoms with Crippen LogP contribution in [0.3, 0.4) is 0 Å². The summed E-state index contributed by atoms with van der Waals surface area (Å²) >= 11 is 0. The molecule has 0 N–H and O–H groups in total. The van der Waals surface area contributed by atoms with Crippen LogP contribution < -0.4 is 4.74 Å². The first kappa shape index (κ1) is 13.7. The summed E-state index contributed by atoms with van der Waals surface area (Å²) in [6.45, 7) is 1.15. The van der Waals surface area contributed by atoms with Gasteiger partial charge in [0.2, 0.25) is 0 Å². The Kier molecular flexibility index (Phi) is 3.84. The summed E-state index contributed by atoms with van der Waals surface area (Å²) in [5.74, 6) is 3.31. The molecule has 2 aliphatic rings. The summed E-state index contributed by atoms with van der Waals surface area (Å²) in [5.41, 5.74) is 2.91. The Morgan fingerprint density at radius 3 is 2.85 bits per heavy atom. The van der Waals surface area contributed by atoms with Crippen LogP contribution in [0, 0.1) is 17.8 Å². The molecule has 0 saturated heterocycles. The lowest BCUT2D eigenvalue weighted by molar-refractivity contribution is 0.289. The number of fused-ring (bicyclic) bond motifs is 2. The van der Waals surface area contributed by atoms with Crippen LogP contribution in [0.15, 0.2) is 30.3 Å². The van der Waals surface area contributed by atoms with Crippen molar-refractivity contribution in [2.75, 3.05) is 27.7 Å². The van der Waals surface area contributed by atoms with E-state index in [0.717, 1.165) is 24.1 Å². The Bertz CT molecular complexity index is 506. The zero-order valence-corrected chi connectivity index (χ0v) is 12.8. The monoisotopic (exact) mass is 271 g/mol. The molecule has 2 nitrogen and oxygen atoms in total. The summed E-state index contributed by atoms with van der Waals surface area (Å²) in [6, 6.07) is 8.57. The Labute approximate surface area is 122 Å². The van der Waals surface area contributed by atoms with Crippen molar-refractivity contribution in [3.05, 3.63) is 35.9 Å². The van der Waals surface area contributed by atoms with Gasteiger partial charge in [0, 0.05) is 6.54 Å². The van der Waals surface area contributed by atoms with Crippen molar-refractivity contribution < 1.29 is 4.74 Å². The maximum atomic E-state index is 5.39. The fraction of sp³-hybridized carbons (Fsp3) is 0.556. The van der Waals surface area contributed by atoms with Crippen molar-refractivity contribution in [2.45, 2.75) is 19.3 Å². The highest BCUT2D eigenvalue weighted by atomic mass is 16.5. The van der Waals surface area contributed by atoms with Gasteiger partial charge in [-0.3, -0.25) is 0 Å². The molecule has 0 spiro atoms. The Hall–Kier alpha value is -1.28. The molecule has 1 aromatic rings. The van der Waals surface area contributed by atoms with Gasteiger partial charge in [-0.2, -0.15) is 0 Å². The van der Waals surface area contributed by atoms with Gasteiger partial charge in [0.1, 0.15) is 5.75 Å². The molecule has 3 unspecified atom stereocenters. The van der Waals surface area contributed by atoms with Crippen LogP contribution in [-0.4, -0.2) is 32.6 Å². The third-order valence-corrected chi connectivity index (χ3v) is 4.86. The van der Waals surface area contributed by atoms with Crippen LogP contribution in [0.4, 0.5) is 0 Å². The quantitative estimate of drug-likeness (QED) is 0.828. The van der Waals surface area contributed by atoms with E-state index < -0.39 is 0 Å². The predicted octanol–water partition coefficient (Wildman–Crippen LogP) is 3.69. The van der Waals surface area contributed by atoms with Crippen LogP contribution in [0.5, 0.6) is 5.75 Å². The number of benzene rings is 1. The van der Waals surface area contributed by atoms with Gasteiger partial charge in [-0.05, 0) is 74.4 Å². The van der Waals surface area contributed by atoms with E-state index in [0.29, 0.717) is 5.92 Å². The average Bonchev–Trinajstić information content (AvgIpc) is 2.84. The number of methoxy groups -OCH3 is 1. The van der Waals surface area contributed by atoms with Crippen molar-refractivity contribution in [1.29, 1.82) is 0 Å². The van der Waals surface area contributed by atoms with Gasteiger partial charge in [-0.1, -0.05) is 18.2 Å². The molecule has 0 aliphatic heterocycles. The molecule has 2 heteroatoms. The molecule has 108 valence electrons. The largest absolute Gasteiger partial charge is 0.497 e. The summed E-state index contributed by atoms with van der Waals surface area (Å²) in [4.78, 5) is 2.33. The zero-order chi connectivity index (χ0) is 14.1. The molecule has 1 saturated carbocycles. The van der Waals surface area contributed by atoms with E-state index in [2.05, 4.69) is 43.3 Å². The van der Waals surface area contributed by atoms with E-state index in [9.17, 15) is 0 Å². The summed E-state index contributed by atoms with van der Waals surface area (Å²) in [5, 5.41) is 0. The van der Waals surface area contributed by atoms with Gasteiger partial charge in [-0.25, -0.2) is 0 Å². The van der Waals surface area contributed by atoms with Crippen molar-refractivity contribution in [3.8, 4) is 5.75 Å². The topological polar surface area (TPSA) is 12.5 Å². The molecule has 0 heterocycles. The molecular weight excluding hydrogens is 246 g/mol. The second-order valence-corrected chi connectivity index (χ2v) is 6.56. The van der Waals surface area contributed by atoms with Gasteiger partial charge in [0.15, 0.2) is 0 Å². The van der Waals surface area contributed by atoms with Gasteiger partial charge < -0.3 is 9.64 Å². The van der Waals surface area contributed by atoms with Crippen LogP contribution in [-0.2, 0) is 0 Å². The number of nitrogens with zero attached hydrogens (tertiary/aromatic N) is 1. The van der Waals surface area contributed by atoms with Crippen LogP contribution in [0.25, 0.3) is 5.57 Å². The third kappa shape index (κ3) is 2.62. The van der Waals surface area contributed by atoms with Crippen LogP contribution in [0.1, 0.15) is 24.8 Å². The number of hydrogen-bond acceptors (Lipinski definition) is 2. The van der Waals surface area contributed by atoms with E-state index in [-0.39, 0.29) is 0 Å². The second-order valence-electron chi connectivity index (χ2n) is 6.56. The minimum atomic E-state index is 0.677. The van der Waals surface area contributed by atoms with Gasteiger partial charge >= 0.3 is 0 Å². The first-order valence-corrected chi connectivity index (χ1v) is 7.68. The maximum absolute atomic E-state index is 5.39. The standard InChI is InChI=1S/C18H25NO/c1-19(2)12-18-15-8-7-13(9-15)10-17(18)14-5-4-6-16(11-14)20-3/h4-6,10-11,13,15,18H,7-9,12H2,1-3H3. The highest BCUT2D eigenvalue weighted by molar-refractivity contribution is 5.70. The molecular formula is C18H25NO. The van der Waals surface area contributed by atoms with Crippen LogP contribution in [0.2, 0.25) is 0 Å². The molecule has 0 radical (unpaired) electrons. The normalized spacial score (nSPS) is 28.6. The predicted molar refractivity (Wildman–Crippen MR) is 83.8 cm³/mol. The molecule has 1 fully saturated rings. The first-order valence-electron chi connectivity index (χ1n) is 7.68. The highest BCUT2D eigenvalue weighted by Gasteiger charge is 2.37. The Balaban J connectivity index is 1.95. The number of ether oxygens (including phenoxy) is 1. The molecule has 0 amide bonds. The molecule has 2 aliphatic carbocycles. The van der Waals surface area contributed by atoms with E-state index in [1.165, 1.54) is 24.8 Å². The average molecular weight is 271 g/mol. The van der Waals surface area contributed by atoms with Crippen molar-refractivity contribution in [2.24, 2.45) is 17.8 Å².